The van der Waals surface area contributed by atoms with Gasteiger partial charge in [-0.2, -0.15) is 0 Å². The molecule has 2 amide bonds. The predicted octanol–water partition coefficient (Wildman–Crippen LogP) is 3.51. The van der Waals surface area contributed by atoms with Crippen molar-refractivity contribution in [1.29, 1.82) is 0 Å². The van der Waals surface area contributed by atoms with Crippen LogP contribution in [-0.4, -0.2) is 23.8 Å². The van der Waals surface area contributed by atoms with E-state index in [1.165, 1.54) is 29.2 Å². The van der Waals surface area contributed by atoms with Gasteiger partial charge in [0.05, 0.1) is 12.0 Å². The van der Waals surface area contributed by atoms with Gasteiger partial charge in [-0.15, -0.1) is 0 Å². The summed E-state index contributed by atoms with van der Waals surface area (Å²) >= 11 is 0. The van der Waals surface area contributed by atoms with Gasteiger partial charge in [0.1, 0.15) is 11.6 Å². The topological polar surface area (TPSA) is 49.4 Å². The van der Waals surface area contributed by atoms with E-state index in [1.54, 1.807) is 31.3 Å². The molecule has 2 atom stereocenters. The maximum absolute atomic E-state index is 14.3. The van der Waals surface area contributed by atoms with Crippen LogP contribution in [0.1, 0.15) is 24.4 Å². The number of rotatable bonds is 3. The molecule has 0 unspecified atom stereocenters. The molecule has 1 aliphatic heterocycles. The van der Waals surface area contributed by atoms with E-state index in [-0.39, 0.29) is 18.2 Å². The maximum atomic E-state index is 14.3. The fourth-order valence-corrected chi connectivity index (χ4v) is 3.25. The minimum atomic E-state index is -0.698. The van der Waals surface area contributed by atoms with Crippen molar-refractivity contribution in [1.82, 2.24) is 4.90 Å². The van der Waals surface area contributed by atoms with Crippen LogP contribution in [0.2, 0.25) is 0 Å². The van der Waals surface area contributed by atoms with Crippen molar-refractivity contribution in [2.45, 2.75) is 18.9 Å². The summed E-state index contributed by atoms with van der Waals surface area (Å²) in [7, 11) is 1.57. The molecule has 2 aromatic carbocycles. The Balaban J connectivity index is 1.90. The molecule has 1 heterocycles. The number of carbonyl (C=O) groups excluding carboxylic acids is 2. The Hall–Kier alpha value is -2.76. The van der Waals surface area contributed by atoms with Crippen LogP contribution in [0.4, 0.5) is 14.5 Å². The van der Waals surface area contributed by atoms with Crippen LogP contribution in [0.3, 0.4) is 0 Å². The molecule has 1 N–H and O–H groups in total. The molecular weight excluding hydrogens is 326 g/mol. The number of piperidine rings is 1. The maximum Gasteiger partial charge on any atom is 0.229 e. The summed E-state index contributed by atoms with van der Waals surface area (Å²) in [5.74, 6) is -2.04. The van der Waals surface area contributed by atoms with Crippen LogP contribution >= 0.6 is 0 Å². The molecule has 0 bridgehead atoms. The molecule has 0 radical (unpaired) electrons. The van der Waals surface area contributed by atoms with Gasteiger partial charge in [0.25, 0.3) is 0 Å². The minimum absolute atomic E-state index is 0.136. The third-order valence-electron chi connectivity index (χ3n) is 4.51. The third-order valence-corrected chi connectivity index (χ3v) is 4.51. The van der Waals surface area contributed by atoms with Crippen molar-refractivity contribution in [2.75, 3.05) is 12.4 Å². The van der Waals surface area contributed by atoms with Crippen LogP contribution in [0.5, 0.6) is 0 Å². The standard InChI is InChI=1S/C19H18F2N2O2/c1-23-17(24)10-9-15(18(23)14-7-2-3-8-16(14)21)19(25)22-13-6-4-5-12(20)11-13/h2-8,11,15,18H,9-10H2,1H3,(H,22,25)/t15-,18-/m0/s1. The molecule has 0 aromatic heterocycles. The van der Waals surface area contributed by atoms with E-state index in [2.05, 4.69) is 5.32 Å². The van der Waals surface area contributed by atoms with Crippen LogP contribution < -0.4 is 5.32 Å². The molecule has 0 aliphatic carbocycles. The number of nitrogens with zero attached hydrogens (tertiary/aromatic N) is 1. The van der Waals surface area contributed by atoms with E-state index in [1.807, 2.05) is 0 Å². The Morgan fingerprint density at radius 3 is 2.64 bits per heavy atom. The van der Waals surface area contributed by atoms with Crippen molar-refractivity contribution >= 4 is 17.5 Å². The van der Waals surface area contributed by atoms with Crippen LogP contribution in [0.15, 0.2) is 48.5 Å². The fourth-order valence-electron chi connectivity index (χ4n) is 3.25. The first-order chi connectivity index (χ1) is 12.0. The van der Waals surface area contributed by atoms with Gasteiger partial charge in [0.15, 0.2) is 0 Å². The van der Waals surface area contributed by atoms with Crippen molar-refractivity contribution in [2.24, 2.45) is 5.92 Å². The SMILES string of the molecule is CN1C(=O)CC[C@H](C(=O)Nc2cccc(F)c2)[C@@H]1c1ccccc1F. The lowest BCUT2D eigenvalue weighted by Crippen LogP contribution is -2.44. The first kappa shape index (κ1) is 17.1. The normalized spacial score (nSPS) is 20.4. The summed E-state index contributed by atoms with van der Waals surface area (Å²) < 4.78 is 27.6. The van der Waals surface area contributed by atoms with Gasteiger partial charge in [-0.3, -0.25) is 9.59 Å². The van der Waals surface area contributed by atoms with Crippen LogP contribution in [0.25, 0.3) is 0 Å². The fraction of sp³-hybridized carbons (Fsp3) is 0.263. The molecular formula is C19H18F2N2O2. The van der Waals surface area contributed by atoms with Crippen LogP contribution in [0, 0.1) is 17.6 Å². The average molecular weight is 344 g/mol. The highest BCUT2D eigenvalue weighted by molar-refractivity contribution is 5.94. The predicted molar refractivity (Wildman–Crippen MR) is 89.7 cm³/mol. The van der Waals surface area contributed by atoms with Gasteiger partial charge in [-0.25, -0.2) is 8.78 Å². The summed E-state index contributed by atoms with van der Waals surface area (Å²) in [4.78, 5) is 26.2. The Labute approximate surface area is 144 Å². The van der Waals surface area contributed by atoms with Crippen LogP contribution in [-0.2, 0) is 9.59 Å². The van der Waals surface area contributed by atoms with Crippen molar-refractivity contribution in [3.63, 3.8) is 0 Å². The zero-order valence-electron chi connectivity index (χ0n) is 13.7. The first-order valence-corrected chi connectivity index (χ1v) is 8.04. The zero-order valence-corrected chi connectivity index (χ0v) is 13.7. The van der Waals surface area contributed by atoms with Gasteiger partial charge in [0, 0.05) is 24.7 Å². The van der Waals surface area contributed by atoms with Gasteiger partial charge >= 0.3 is 0 Å². The Kier molecular flexibility index (Phi) is 4.79. The van der Waals surface area contributed by atoms with E-state index in [9.17, 15) is 18.4 Å². The summed E-state index contributed by atoms with van der Waals surface area (Å²) in [6, 6.07) is 11.0. The molecule has 2 aromatic rings. The largest absolute Gasteiger partial charge is 0.338 e. The van der Waals surface area contributed by atoms with Gasteiger partial charge in [0.2, 0.25) is 11.8 Å². The van der Waals surface area contributed by atoms with Crippen molar-refractivity contribution in [3.8, 4) is 0 Å². The Morgan fingerprint density at radius 1 is 1.16 bits per heavy atom. The number of amides is 2. The quantitative estimate of drug-likeness (QED) is 0.926. The lowest BCUT2D eigenvalue weighted by Gasteiger charge is -2.38. The van der Waals surface area contributed by atoms with Gasteiger partial charge < -0.3 is 10.2 Å². The molecule has 130 valence electrons. The van der Waals surface area contributed by atoms with E-state index in [4.69, 9.17) is 0 Å². The highest BCUT2D eigenvalue weighted by atomic mass is 19.1. The second-order valence-electron chi connectivity index (χ2n) is 6.12. The highest BCUT2D eigenvalue weighted by Gasteiger charge is 2.40. The minimum Gasteiger partial charge on any atom is -0.338 e. The lowest BCUT2D eigenvalue weighted by molar-refractivity contribution is -0.140. The number of anilines is 1. The number of benzene rings is 2. The highest BCUT2D eigenvalue weighted by Crippen LogP contribution is 2.37. The molecule has 1 aliphatic rings. The molecule has 4 nitrogen and oxygen atoms in total. The first-order valence-electron chi connectivity index (χ1n) is 8.04. The molecule has 25 heavy (non-hydrogen) atoms. The molecule has 6 heteroatoms. The molecule has 1 saturated heterocycles. The third kappa shape index (κ3) is 3.52. The Morgan fingerprint density at radius 2 is 1.92 bits per heavy atom. The number of hydrogen-bond donors (Lipinski definition) is 1. The number of halogens is 2. The summed E-state index contributed by atoms with van der Waals surface area (Å²) in [6.45, 7) is 0. The van der Waals surface area contributed by atoms with Crippen molar-refractivity contribution in [3.05, 3.63) is 65.7 Å². The Bertz CT molecular complexity index is 810. The number of likely N-dealkylation sites (tertiary alicyclic amines) is 1. The van der Waals surface area contributed by atoms with E-state index in [0.29, 0.717) is 17.7 Å². The summed E-state index contributed by atoms with van der Waals surface area (Å²) in [6.07, 6.45) is 0.520. The summed E-state index contributed by atoms with van der Waals surface area (Å²) in [5, 5.41) is 2.67. The van der Waals surface area contributed by atoms with Gasteiger partial charge in [-0.1, -0.05) is 24.3 Å². The second-order valence-corrected chi connectivity index (χ2v) is 6.12. The lowest BCUT2D eigenvalue weighted by atomic mass is 9.83. The smallest absolute Gasteiger partial charge is 0.229 e. The monoisotopic (exact) mass is 344 g/mol. The van der Waals surface area contributed by atoms with Crippen molar-refractivity contribution < 1.29 is 18.4 Å². The number of carbonyl (C=O) groups is 2. The second kappa shape index (κ2) is 7.01. The average Bonchev–Trinajstić information content (AvgIpc) is 2.58. The van der Waals surface area contributed by atoms with E-state index < -0.39 is 23.6 Å². The number of nitrogens with one attached hydrogen (secondary N) is 1. The van der Waals surface area contributed by atoms with E-state index >= 15 is 0 Å². The molecule has 0 saturated carbocycles. The molecule has 1 fully saturated rings. The van der Waals surface area contributed by atoms with Gasteiger partial charge in [-0.05, 0) is 30.7 Å². The molecule has 3 rings (SSSR count). The zero-order chi connectivity index (χ0) is 18.0. The molecule has 0 spiro atoms. The van der Waals surface area contributed by atoms with E-state index in [0.717, 1.165) is 0 Å². The summed E-state index contributed by atoms with van der Waals surface area (Å²) in [5.41, 5.74) is 0.634. The number of hydrogen-bond acceptors (Lipinski definition) is 2.